The van der Waals surface area contributed by atoms with Crippen molar-refractivity contribution in [2.75, 3.05) is 11.9 Å². The zero-order valence-corrected chi connectivity index (χ0v) is 12.4. The van der Waals surface area contributed by atoms with Gasteiger partial charge in [0.2, 0.25) is 0 Å². The lowest BCUT2D eigenvalue weighted by Gasteiger charge is -2.34. The Bertz CT molecular complexity index is 490. The first kappa shape index (κ1) is 15.4. The largest absolute Gasteiger partial charge is 0.416 e. The van der Waals surface area contributed by atoms with E-state index in [4.69, 9.17) is 0 Å². The Hall–Kier alpha value is -1.04. The smallest absolute Gasteiger partial charge is 0.335 e. The summed E-state index contributed by atoms with van der Waals surface area (Å²) in [6, 6.07) is 4.70. The van der Waals surface area contributed by atoms with Crippen LogP contribution in [0.3, 0.4) is 0 Å². The summed E-state index contributed by atoms with van der Waals surface area (Å²) >= 11 is 3.36. The Kier molecular flexibility index (Phi) is 4.73. The Labute approximate surface area is 124 Å². The number of benzene rings is 1. The van der Waals surface area contributed by atoms with Crippen LogP contribution >= 0.6 is 15.9 Å². The van der Waals surface area contributed by atoms with Crippen LogP contribution in [0.4, 0.5) is 13.2 Å². The molecule has 1 aromatic carbocycles. The minimum atomic E-state index is -4.42. The van der Waals surface area contributed by atoms with E-state index in [1.54, 1.807) is 4.90 Å². The molecule has 0 aromatic heterocycles. The summed E-state index contributed by atoms with van der Waals surface area (Å²) in [5, 5.41) is 0.650. The third-order valence-electron chi connectivity index (χ3n) is 3.50. The lowest BCUT2D eigenvalue weighted by Crippen LogP contribution is -2.44. The van der Waals surface area contributed by atoms with Crippen molar-refractivity contribution >= 4 is 21.8 Å². The zero-order valence-electron chi connectivity index (χ0n) is 10.8. The number of rotatable bonds is 2. The van der Waals surface area contributed by atoms with Gasteiger partial charge in [0.05, 0.1) is 5.56 Å². The van der Waals surface area contributed by atoms with Crippen LogP contribution in [0.5, 0.6) is 0 Å². The first-order valence-electron chi connectivity index (χ1n) is 6.47. The van der Waals surface area contributed by atoms with Gasteiger partial charge in [-0.15, -0.1) is 0 Å². The van der Waals surface area contributed by atoms with Gasteiger partial charge in [0.25, 0.3) is 5.91 Å². The standard InChI is InChI=1S/C14H15BrF3NO/c15-9-12-6-1-2-7-19(12)13(20)10-4-3-5-11(8-10)14(16,17)18/h3-5,8,12H,1-2,6-7,9H2. The predicted octanol–water partition coefficient (Wildman–Crippen LogP) is 4.10. The van der Waals surface area contributed by atoms with Crippen LogP contribution in [0.15, 0.2) is 24.3 Å². The molecule has 0 spiro atoms. The third kappa shape index (κ3) is 3.34. The molecule has 2 rings (SSSR count). The second kappa shape index (κ2) is 6.16. The maximum absolute atomic E-state index is 12.7. The number of carbonyl (C=O) groups excluding carboxylic acids is 1. The van der Waals surface area contributed by atoms with E-state index in [9.17, 15) is 18.0 Å². The Balaban J connectivity index is 2.24. The van der Waals surface area contributed by atoms with Gasteiger partial charge in [0.1, 0.15) is 0 Å². The van der Waals surface area contributed by atoms with Crippen LogP contribution in [-0.2, 0) is 6.18 Å². The van der Waals surface area contributed by atoms with Crippen molar-refractivity contribution in [3.8, 4) is 0 Å². The highest BCUT2D eigenvalue weighted by Crippen LogP contribution is 2.30. The Morgan fingerprint density at radius 2 is 2.10 bits per heavy atom. The molecule has 1 unspecified atom stereocenters. The molecule has 20 heavy (non-hydrogen) atoms. The van der Waals surface area contributed by atoms with Crippen molar-refractivity contribution in [2.45, 2.75) is 31.5 Å². The van der Waals surface area contributed by atoms with Crippen LogP contribution < -0.4 is 0 Å². The molecule has 0 N–H and O–H groups in total. The normalized spacial score (nSPS) is 20.0. The fourth-order valence-corrected chi connectivity index (χ4v) is 3.10. The molecule has 1 aliphatic heterocycles. The molecular weight excluding hydrogens is 335 g/mol. The number of likely N-dealkylation sites (tertiary alicyclic amines) is 1. The molecule has 1 aromatic rings. The SMILES string of the molecule is O=C(c1cccc(C(F)(F)F)c1)N1CCCCC1CBr. The third-order valence-corrected chi connectivity index (χ3v) is 4.25. The molecule has 1 aliphatic rings. The number of hydrogen-bond donors (Lipinski definition) is 0. The highest BCUT2D eigenvalue weighted by molar-refractivity contribution is 9.09. The van der Waals surface area contributed by atoms with Gasteiger partial charge in [-0.3, -0.25) is 4.79 Å². The molecule has 1 heterocycles. The minimum Gasteiger partial charge on any atom is -0.335 e. The van der Waals surface area contributed by atoms with E-state index in [0.717, 1.165) is 31.4 Å². The fourth-order valence-electron chi connectivity index (χ4n) is 2.42. The Morgan fingerprint density at radius 3 is 2.75 bits per heavy atom. The number of carbonyl (C=O) groups is 1. The average Bonchev–Trinajstić information content (AvgIpc) is 2.45. The van der Waals surface area contributed by atoms with E-state index in [2.05, 4.69) is 15.9 Å². The molecule has 110 valence electrons. The van der Waals surface area contributed by atoms with Gasteiger partial charge in [0, 0.05) is 23.5 Å². The van der Waals surface area contributed by atoms with Gasteiger partial charge in [-0.25, -0.2) is 0 Å². The van der Waals surface area contributed by atoms with Crippen molar-refractivity contribution in [1.82, 2.24) is 4.90 Å². The maximum Gasteiger partial charge on any atom is 0.416 e. The zero-order chi connectivity index (χ0) is 14.8. The summed E-state index contributed by atoms with van der Waals surface area (Å²) in [6.07, 6.45) is -1.60. The van der Waals surface area contributed by atoms with E-state index < -0.39 is 11.7 Å². The monoisotopic (exact) mass is 349 g/mol. The molecule has 6 heteroatoms. The van der Waals surface area contributed by atoms with Gasteiger partial charge >= 0.3 is 6.18 Å². The van der Waals surface area contributed by atoms with E-state index in [-0.39, 0.29) is 17.5 Å². The summed E-state index contributed by atoms with van der Waals surface area (Å²) in [5.74, 6) is -0.319. The molecule has 0 bridgehead atoms. The number of alkyl halides is 4. The van der Waals surface area contributed by atoms with Gasteiger partial charge < -0.3 is 4.90 Å². The number of nitrogens with zero attached hydrogens (tertiary/aromatic N) is 1. The van der Waals surface area contributed by atoms with Gasteiger partial charge in [-0.1, -0.05) is 22.0 Å². The van der Waals surface area contributed by atoms with Gasteiger partial charge in [-0.2, -0.15) is 13.2 Å². The summed E-state index contributed by atoms with van der Waals surface area (Å²) < 4.78 is 38.1. The highest BCUT2D eigenvalue weighted by atomic mass is 79.9. The maximum atomic E-state index is 12.7. The van der Waals surface area contributed by atoms with Gasteiger partial charge in [-0.05, 0) is 37.5 Å². The van der Waals surface area contributed by atoms with Crippen LogP contribution in [-0.4, -0.2) is 28.7 Å². The molecule has 1 saturated heterocycles. The van der Waals surface area contributed by atoms with Crippen molar-refractivity contribution < 1.29 is 18.0 Å². The quantitative estimate of drug-likeness (QED) is 0.736. The second-order valence-electron chi connectivity index (χ2n) is 4.88. The molecule has 2 nitrogen and oxygen atoms in total. The second-order valence-corrected chi connectivity index (χ2v) is 5.53. The van der Waals surface area contributed by atoms with Crippen LogP contribution in [0.25, 0.3) is 0 Å². The molecule has 0 radical (unpaired) electrons. The number of amides is 1. The molecule has 1 atom stereocenters. The molecule has 0 aliphatic carbocycles. The Morgan fingerprint density at radius 1 is 1.35 bits per heavy atom. The average molecular weight is 350 g/mol. The topological polar surface area (TPSA) is 20.3 Å². The lowest BCUT2D eigenvalue weighted by atomic mass is 10.0. The number of piperidine rings is 1. The summed E-state index contributed by atoms with van der Waals surface area (Å²) in [7, 11) is 0. The highest BCUT2D eigenvalue weighted by Gasteiger charge is 2.32. The summed E-state index contributed by atoms with van der Waals surface area (Å²) in [6.45, 7) is 0.603. The minimum absolute atomic E-state index is 0.0609. The fraction of sp³-hybridized carbons (Fsp3) is 0.500. The summed E-state index contributed by atoms with van der Waals surface area (Å²) in [5.41, 5.74) is -0.677. The molecule has 1 amide bonds. The van der Waals surface area contributed by atoms with E-state index >= 15 is 0 Å². The van der Waals surface area contributed by atoms with Crippen molar-refractivity contribution in [2.24, 2.45) is 0 Å². The van der Waals surface area contributed by atoms with Crippen molar-refractivity contribution in [1.29, 1.82) is 0 Å². The van der Waals surface area contributed by atoms with Crippen LogP contribution in [0, 0.1) is 0 Å². The van der Waals surface area contributed by atoms with Gasteiger partial charge in [0.15, 0.2) is 0 Å². The lowest BCUT2D eigenvalue weighted by molar-refractivity contribution is -0.137. The molecule has 1 fully saturated rings. The first-order chi connectivity index (χ1) is 9.43. The summed E-state index contributed by atoms with van der Waals surface area (Å²) in [4.78, 5) is 14.1. The van der Waals surface area contributed by atoms with Crippen molar-refractivity contribution in [3.63, 3.8) is 0 Å². The van der Waals surface area contributed by atoms with Crippen LogP contribution in [0.1, 0.15) is 35.2 Å². The van der Waals surface area contributed by atoms with E-state index in [0.29, 0.717) is 11.9 Å². The van der Waals surface area contributed by atoms with E-state index in [1.165, 1.54) is 12.1 Å². The molecular formula is C14H15BrF3NO. The molecule has 0 saturated carbocycles. The first-order valence-corrected chi connectivity index (χ1v) is 7.60. The van der Waals surface area contributed by atoms with E-state index in [1.807, 2.05) is 0 Å². The number of hydrogen-bond acceptors (Lipinski definition) is 1. The predicted molar refractivity (Wildman–Crippen MR) is 73.9 cm³/mol. The number of halogens is 4. The van der Waals surface area contributed by atoms with Crippen LogP contribution in [0.2, 0.25) is 0 Å². The van der Waals surface area contributed by atoms with Crippen molar-refractivity contribution in [3.05, 3.63) is 35.4 Å².